The minimum atomic E-state index is -0.877. The Bertz CT molecular complexity index is 1330. The summed E-state index contributed by atoms with van der Waals surface area (Å²) in [5.41, 5.74) is 1.09. The number of rotatable bonds is 8. The van der Waals surface area contributed by atoms with E-state index in [1.54, 1.807) is 12.1 Å². The number of hydrogen-bond acceptors (Lipinski definition) is 9. The molecule has 0 saturated carbocycles. The average Bonchev–Trinajstić information content (AvgIpc) is 3.16. The summed E-state index contributed by atoms with van der Waals surface area (Å²) >= 11 is 1.17. The fourth-order valence-electron chi connectivity index (χ4n) is 4.70. The van der Waals surface area contributed by atoms with Crippen LogP contribution in [0.2, 0.25) is 0 Å². The number of amides is 1. The zero-order valence-electron chi connectivity index (χ0n) is 21.1. The summed E-state index contributed by atoms with van der Waals surface area (Å²) in [7, 11) is 1.52. The van der Waals surface area contributed by atoms with E-state index in [0.717, 1.165) is 10.6 Å². The molecular weight excluding hydrogens is 483 g/mol. The van der Waals surface area contributed by atoms with Gasteiger partial charge in [0.25, 0.3) is 0 Å². The van der Waals surface area contributed by atoms with Crippen molar-refractivity contribution in [3.63, 3.8) is 0 Å². The van der Waals surface area contributed by atoms with Crippen molar-refractivity contribution >= 4 is 34.5 Å². The first-order chi connectivity index (χ1) is 17.8. The van der Waals surface area contributed by atoms with Gasteiger partial charge in [0.05, 0.1) is 46.8 Å². The van der Waals surface area contributed by atoms with Gasteiger partial charge in [-0.2, -0.15) is 0 Å². The standard InChI is InChI=1S/C25H29FN6O3S/c1-25(13-27-9-15-3-5-19-24(29-15)30-21(34)12-36-19)14-32(11-20(25)33)8-7-16-17(26)10-28-18-4-6-22(35-2)31-23(16)18/h3-6,10,20,27,33H,7-9,11-14H2,1-2H3,(H,29,30,34)/i12D. The number of halogens is 1. The number of nitrogens with zero attached hydrogens (tertiary/aromatic N) is 4. The SMILES string of the molecule is [2H]C1Sc2ccc(CNCC3(C)CN(CCc4c(F)cnc5ccc(OC)nc45)CC3O)nc2NC1=O. The molecule has 36 heavy (non-hydrogen) atoms. The Hall–Kier alpha value is -2.86. The number of thioether (sulfide) groups is 1. The van der Waals surface area contributed by atoms with Gasteiger partial charge in [-0.25, -0.2) is 14.4 Å². The largest absolute Gasteiger partial charge is 0.481 e. The van der Waals surface area contributed by atoms with E-state index in [4.69, 9.17) is 6.11 Å². The Morgan fingerprint density at radius 3 is 3.08 bits per heavy atom. The maximum Gasteiger partial charge on any atom is 0.235 e. The number of carbonyl (C=O) groups excluding carboxylic acids is 1. The van der Waals surface area contributed by atoms with Gasteiger partial charge in [0.2, 0.25) is 11.8 Å². The van der Waals surface area contributed by atoms with Crippen LogP contribution in [0.15, 0.2) is 35.4 Å². The summed E-state index contributed by atoms with van der Waals surface area (Å²) in [5, 5.41) is 16.9. The predicted molar refractivity (Wildman–Crippen MR) is 136 cm³/mol. The quantitative estimate of drug-likeness (QED) is 0.417. The number of pyridine rings is 3. The summed E-state index contributed by atoms with van der Waals surface area (Å²) in [4.78, 5) is 27.7. The highest BCUT2D eigenvalue weighted by Gasteiger charge is 2.41. The lowest BCUT2D eigenvalue weighted by atomic mass is 9.87. The molecule has 0 radical (unpaired) electrons. The number of aliphatic hydroxyl groups excluding tert-OH is 1. The Morgan fingerprint density at radius 1 is 1.39 bits per heavy atom. The van der Waals surface area contributed by atoms with Crippen molar-refractivity contribution in [3.8, 4) is 5.88 Å². The molecule has 11 heteroatoms. The molecule has 9 nitrogen and oxygen atoms in total. The molecule has 1 saturated heterocycles. The van der Waals surface area contributed by atoms with Crippen molar-refractivity contribution in [1.82, 2.24) is 25.2 Å². The lowest BCUT2D eigenvalue weighted by Gasteiger charge is -2.28. The molecule has 0 aliphatic carbocycles. The number of likely N-dealkylation sites (tertiary alicyclic amines) is 1. The van der Waals surface area contributed by atoms with Crippen LogP contribution in [0.3, 0.4) is 0 Å². The van der Waals surface area contributed by atoms with Crippen LogP contribution in [0, 0.1) is 11.2 Å². The van der Waals surface area contributed by atoms with E-state index in [0.29, 0.717) is 67.4 Å². The number of carbonyl (C=O) groups is 1. The number of hydrogen-bond donors (Lipinski definition) is 3. The van der Waals surface area contributed by atoms with E-state index in [1.807, 2.05) is 19.1 Å². The van der Waals surface area contributed by atoms with Crippen molar-refractivity contribution < 1.29 is 20.4 Å². The van der Waals surface area contributed by atoms with Gasteiger partial charge < -0.3 is 20.5 Å². The van der Waals surface area contributed by atoms with Crippen LogP contribution in [-0.4, -0.2) is 76.0 Å². The van der Waals surface area contributed by atoms with E-state index in [1.165, 1.54) is 25.1 Å². The summed E-state index contributed by atoms with van der Waals surface area (Å²) in [6, 6.07) is 7.21. The Morgan fingerprint density at radius 2 is 2.25 bits per heavy atom. The number of ether oxygens (including phenoxy) is 1. The van der Waals surface area contributed by atoms with Crippen molar-refractivity contribution in [3.05, 3.63) is 47.5 Å². The second-order valence-corrected chi connectivity index (χ2v) is 10.4. The molecule has 3 unspecified atom stereocenters. The highest BCUT2D eigenvalue weighted by molar-refractivity contribution is 8.00. The molecule has 190 valence electrons. The minimum Gasteiger partial charge on any atom is -0.481 e. The van der Waals surface area contributed by atoms with Gasteiger partial charge in [0.15, 0.2) is 0 Å². The van der Waals surface area contributed by atoms with Crippen LogP contribution in [0.1, 0.15) is 19.6 Å². The molecular formula is C25H29FN6O3S. The van der Waals surface area contributed by atoms with Crippen LogP contribution in [0.5, 0.6) is 5.88 Å². The highest BCUT2D eigenvalue weighted by Crippen LogP contribution is 2.32. The molecule has 5 rings (SSSR count). The highest BCUT2D eigenvalue weighted by atomic mass is 32.2. The smallest absolute Gasteiger partial charge is 0.235 e. The monoisotopic (exact) mass is 513 g/mol. The van der Waals surface area contributed by atoms with Crippen LogP contribution < -0.4 is 15.4 Å². The molecule has 3 aromatic heterocycles. The first kappa shape index (κ1) is 23.5. The van der Waals surface area contributed by atoms with E-state index in [2.05, 4.69) is 30.5 Å². The van der Waals surface area contributed by atoms with Crippen LogP contribution in [0.4, 0.5) is 10.2 Å². The third-order valence-corrected chi connectivity index (χ3v) is 7.65. The molecule has 5 heterocycles. The molecule has 2 aliphatic rings. The fraction of sp³-hybridized carbons (Fsp3) is 0.440. The summed E-state index contributed by atoms with van der Waals surface area (Å²) in [6.07, 6.45) is 1.12. The van der Waals surface area contributed by atoms with Gasteiger partial charge in [-0.1, -0.05) is 6.92 Å². The lowest BCUT2D eigenvalue weighted by molar-refractivity contribution is -0.113. The van der Waals surface area contributed by atoms with Gasteiger partial charge in [0.1, 0.15) is 11.6 Å². The molecule has 3 atom stereocenters. The molecule has 3 aromatic rings. The second-order valence-electron chi connectivity index (χ2n) is 9.44. The second kappa shape index (κ2) is 10.3. The average molecular weight is 514 g/mol. The first-order valence-corrected chi connectivity index (χ1v) is 12.6. The Labute approximate surface area is 214 Å². The molecule has 1 amide bonds. The number of β-amino-alcohol motifs (C(OH)–C–C–N with tert-alkyl or cyclic N) is 1. The number of aromatic nitrogens is 3. The van der Waals surface area contributed by atoms with E-state index >= 15 is 0 Å². The number of anilines is 1. The normalized spacial score (nSPS) is 24.4. The number of aliphatic hydroxyl groups is 1. The van der Waals surface area contributed by atoms with Gasteiger partial charge >= 0.3 is 0 Å². The van der Waals surface area contributed by atoms with Crippen LogP contribution >= 0.6 is 11.8 Å². The van der Waals surface area contributed by atoms with E-state index in [9.17, 15) is 14.3 Å². The van der Waals surface area contributed by atoms with Gasteiger partial charge in [-0.3, -0.25) is 14.7 Å². The summed E-state index contributed by atoms with van der Waals surface area (Å²) < 4.78 is 27.6. The number of nitrogens with one attached hydrogen (secondary N) is 2. The number of fused-ring (bicyclic) bond motifs is 2. The molecule has 0 spiro atoms. The van der Waals surface area contributed by atoms with Crippen LogP contribution in [0.25, 0.3) is 11.0 Å². The van der Waals surface area contributed by atoms with Gasteiger partial charge in [0, 0.05) is 51.1 Å². The maximum absolute atomic E-state index is 14.7. The minimum absolute atomic E-state index is 0.369. The Kier molecular flexibility index (Phi) is 6.70. The molecule has 1 fully saturated rings. The lowest BCUT2D eigenvalue weighted by Crippen LogP contribution is -2.41. The Balaban J connectivity index is 1.18. The topological polar surface area (TPSA) is 112 Å². The number of methoxy groups -OCH3 is 1. The van der Waals surface area contributed by atoms with Crippen molar-refractivity contribution in [2.24, 2.45) is 5.41 Å². The predicted octanol–water partition coefficient (Wildman–Crippen LogP) is 2.23. The fourth-order valence-corrected chi connectivity index (χ4v) is 5.35. The van der Waals surface area contributed by atoms with E-state index < -0.39 is 23.1 Å². The van der Waals surface area contributed by atoms with Crippen molar-refractivity contribution in [2.45, 2.75) is 30.9 Å². The maximum atomic E-state index is 14.7. The third-order valence-electron chi connectivity index (χ3n) is 6.73. The molecule has 0 bridgehead atoms. The summed E-state index contributed by atoms with van der Waals surface area (Å²) in [5.74, 6) is 0.125. The van der Waals surface area contributed by atoms with Crippen LogP contribution in [-0.2, 0) is 17.8 Å². The van der Waals surface area contributed by atoms with Crippen molar-refractivity contribution in [1.29, 1.82) is 0 Å². The zero-order valence-corrected chi connectivity index (χ0v) is 20.9. The summed E-state index contributed by atoms with van der Waals surface area (Å²) in [6.45, 7) is 4.78. The molecule has 2 aliphatic heterocycles. The van der Waals surface area contributed by atoms with Crippen molar-refractivity contribution in [2.75, 3.05) is 44.3 Å². The van der Waals surface area contributed by atoms with Gasteiger partial charge in [-0.05, 0) is 24.6 Å². The molecule has 0 aromatic carbocycles. The van der Waals surface area contributed by atoms with Gasteiger partial charge in [-0.15, -0.1) is 11.8 Å². The van der Waals surface area contributed by atoms with E-state index in [-0.39, 0.29) is 5.91 Å². The zero-order chi connectivity index (χ0) is 26.2. The first-order valence-electron chi connectivity index (χ1n) is 12.3. The molecule has 3 N–H and O–H groups in total. The third kappa shape index (κ3) is 5.15.